The number of carbonyl (C=O) groups excluding carboxylic acids is 1. The Labute approximate surface area is 152 Å². The van der Waals surface area contributed by atoms with Crippen molar-refractivity contribution in [1.82, 2.24) is 0 Å². The lowest BCUT2D eigenvalue weighted by atomic mass is 9.95. The average molecular weight is 372 g/mol. The second-order valence-electron chi connectivity index (χ2n) is 6.39. The molecule has 3 unspecified atom stereocenters. The van der Waals surface area contributed by atoms with Crippen molar-refractivity contribution in [1.29, 1.82) is 0 Å². The van der Waals surface area contributed by atoms with E-state index in [-0.39, 0.29) is 17.8 Å². The van der Waals surface area contributed by atoms with Crippen LogP contribution in [0.2, 0.25) is 0 Å². The summed E-state index contributed by atoms with van der Waals surface area (Å²) in [4.78, 5) is 24.0. The molecular weight excluding hydrogens is 354 g/mol. The quantitative estimate of drug-likeness (QED) is 0.639. The standard InChI is InChI=1S/C20H18FO4P/c1-20(21,26)18-15(19(23)24)11-14-10-13(7-8-17(14)25-18)16(22)9-12-5-3-2-4-6-12/h2-8,10-11,18H,9,26H2,1H3,(H,23,24). The third kappa shape index (κ3) is 3.83. The minimum absolute atomic E-state index is 0.0900. The molecule has 6 heteroatoms. The second-order valence-corrected chi connectivity index (χ2v) is 7.52. The summed E-state index contributed by atoms with van der Waals surface area (Å²) < 4.78 is 19.9. The van der Waals surface area contributed by atoms with Crippen LogP contribution in [0.3, 0.4) is 0 Å². The second kappa shape index (κ2) is 7.00. The number of aliphatic carboxylic acids is 1. The van der Waals surface area contributed by atoms with Gasteiger partial charge in [0, 0.05) is 17.5 Å². The zero-order valence-electron chi connectivity index (χ0n) is 14.1. The largest absolute Gasteiger partial charge is 0.481 e. The molecule has 3 atom stereocenters. The first-order valence-corrected chi connectivity index (χ1v) is 8.64. The van der Waals surface area contributed by atoms with Crippen molar-refractivity contribution >= 4 is 27.1 Å². The highest BCUT2D eigenvalue weighted by Gasteiger charge is 2.40. The van der Waals surface area contributed by atoms with Gasteiger partial charge in [-0.2, -0.15) is 0 Å². The number of carbonyl (C=O) groups is 2. The Kier molecular flexibility index (Phi) is 4.92. The van der Waals surface area contributed by atoms with Gasteiger partial charge in [0.15, 0.2) is 17.3 Å². The van der Waals surface area contributed by atoms with Crippen LogP contribution < -0.4 is 4.74 Å². The van der Waals surface area contributed by atoms with Gasteiger partial charge in [-0.15, -0.1) is 0 Å². The molecule has 0 saturated carbocycles. The molecule has 0 radical (unpaired) electrons. The fourth-order valence-electron chi connectivity index (χ4n) is 2.85. The molecule has 1 aliphatic heterocycles. The minimum atomic E-state index is -1.94. The molecule has 0 saturated heterocycles. The van der Waals surface area contributed by atoms with E-state index in [0.29, 0.717) is 16.9 Å². The fraction of sp³-hybridized carbons (Fsp3) is 0.200. The van der Waals surface area contributed by atoms with Crippen LogP contribution in [0.4, 0.5) is 4.39 Å². The normalized spacial score (nSPS) is 18.1. The van der Waals surface area contributed by atoms with E-state index in [1.54, 1.807) is 18.2 Å². The first-order chi connectivity index (χ1) is 12.3. The minimum Gasteiger partial charge on any atom is -0.481 e. The zero-order chi connectivity index (χ0) is 18.9. The van der Waals surface area contributed by atoms with Crippen LogP contribution in [0.1, 0.15) is 28.4 Å². The number of rotatable bonds is 5. The Balaban J connectivity index is 1.92. The topological polar surface area (TPSA) is 63.6 Å². The molecule has 0 aliphatic carbocycles. The van der Waals surface area contributed by atoms with Crippen LogP contribution in [0, 0.1) is 0 Å². The van der Waals surface area contributed by atoms with Gasteiger partial charge in [-0.1, -0.05) is 39.6 Å². The van der Waals surface area contributed by atoms with E-state index < -0.39 is 17.5 Å². The number of carboxylic acid groups (broad SMARTS) is 1. The highest BCUT2D eigenvalue weighted by molar-refractivity contribution is 7.18. The molecule has 2 aromatic rings. The Bertz CT molecular complexity index is 884. The van der Waals surface area contributed by atoms with Gasteiger partial charge in [-0.25, -0.2) is 9.18 Å². The Hall–Kier alpha value is -2.52. The SMILES string of the molecule is CC(F)(P)C1Oc2ccc(C(=O)Cc3ccccc3)cc2C=C1C(=O)O. The van der Waals surface area contributed by atoms with Gasteiger partial charge in [-0.05, 0) is 36.8 Å². The van der Waals surface area contributed by atoms with Gasteiger partial charge >= 0.3 is 5.97 Å². The van der Waals surface area contributed by atoms with E-state index in [1.165, 1.54) is 13.0 Å². The van der Waals surface area contributed by atoms with Crippen molar-refractivity contribution < 1.29 is 23.8 Å². The highest BCUT2D eigenvalue weighted by atomic mass is 31.0. The van der Waals surface area contributed by atoms with Crippen LogP contribution in [0.5, 0.6) is 5.75 Å². The number of hydrogen-bond acceptors (Lipinski definition) is 3. The molecule has 1 aliphatic rings. The maximum absolute atomic E-state index is 14.3. The average Bonchev–Trinajstić information content (AvgIpc) is 2.60. The number of ketones is 1. The van der Waals surface area contributed by atoms with E-state index in [1.807, 2.05) is 39.6 Å². The van der Waals surface area contributed by atoms with Crippen LogP contribution in [0.25, 0.3) is 6.08 Å². The molecule has 26 heavy (non-hydrogen) atoms. The fourth-order valence-corrected chi connectivity index (χ4v) is 3.10. The molecule has 3 rings (SSSR count). The summed E-state index contributed by atoms with van der Waals surface area (Å²) >= 11 is 0. The molecule has 1 N–H and O–H groups in total. The lowest BCUT2D eigenvalue weighted by Gasteiger charge is -2.31. The zero-order valence-corrected chi connectivity index (χ0v) is 15.3. The van der Waals surface area contributed by atoms with E-state index in [2.05, 4.69) is 0 Å². The van der Waals surface area contributed by atoms with Crippen molar-refractivity contribution in [2.45, 2.75) is 24.9 Å². The van der Waals surface area contributed by atoms with Crippen molar-refractivity contribution in [2.24, 2.45) is 0 Å². The van der Waals surface area contributed by atoms with Gasteiger partial charge in [0.1, 0.15) is 5.75 Å². The van der Waals surface area contributed by atoms with Gasteiger partial charge in [0.2, 0.25) is 0 Å². The summed E-state index contributed by atoms with van der Waals surface area (Å²) in [5.41, 5.74) is 1.60. The lowest BCUT2D eigenvalue weighted by Crippen LogP contribution is -2.40. The monoisotopic (exact) mass is 372 g/mol. The van der Waals surface area contributed by atoms with Crippen LogP contribution in [-0.2, 0) is 11.2 Å². The van der Waals surface area contributed by atoms with E-state index in [0.717, 1.165) is 5.56 Å². The lowest BCUT2D eigenvalue weighted by molar-refractivity contribution is -0.134. The molecule has 0 fully saturated rings. The summed E-state index contributed by atoms with van der Waals surface area (Å²) in [7, 11) is 1.96. The van der Waals surface area contributed by atoms with E-state index in [4.69, 9.17) is 4.74 Å². The number of hydrogen-bond donors (Lipinski definition) is 1. The summed E-state index contributed by atoms with van der Waals surface area (Å²) in [6.07, 6.45) is 0.364. The molecule has 0 aromatic heterocycles. The van der Waals surface area contributed by atoms with Crippen LogP contribution >= 0.6 is 9.24 Å². The van der Waals surface area contributed by atoms with E-state index in [9.17, 15) is 19.1 Å². The maximum atomic E-state index is 14.3. The van der Waals surface area contributed by atoms with Crippen molar-refractivity contribution in [3.63, 3.8) is 0 Å². The van der Waals surface area contributed by atoms with Crippen molar-refractivity contribution in [3.8, 4) is 5.75 Å². The molecular formula is C20H18FO4P. The van der Waals surface area contributed by atoms with Gasteiger partial charge in [0.05, 0.1) is 5.57 Å². The van der Waals surface area contributed by atoms with Crippen molar-refractivity contribution in [3.05, 3.63) is 70.8 Å². The first-order valence-electron chi connectivity index (χ1n) is 8.06. The predicted octanol–water partition coefficient (Wildman–Crippen LogP) is 3.90. The molecule has 0 spiro atoms. The third-order valence-electron chi connectivity index (χ3n) is 4.14. The molecule has 0 amide bonds. The number of benzene rings is 2. The first kappa shape index (κ1) is 18.3. The summed E-state index contributed by atoms with van der Waals surface area (Å²) in [6.45, 7) is 1.24. The Morgan fingerprint density at radius 3 is 2.54 bits per heavy atom. The molecule has 0 bridgehead atoms. The summed E-state index contributed by atoms with van der Waals surface area (Å²) in [5, 5.41) is 7.44. The van der Waals surface area contributed by atoms with Gasteiger partial charge < -0.3 is 9.84 Å². The highest BCUT2D eigenvalue weighted by Crippen LogP contribution is 2.38. The summed E-state index contributed by atoms with van der Waals surface area (Å²) in [6, 6.07) is 14.1. The molecule has 1 heterocycles. The number of alkyl halides is 1. The van der Waals surface area contributed by atoms with Gasteiger partial charge in [0.25, 0.3) is 0 Å². The molecule has 4 nitrogen and oxygen atoms in total. The predicted molar refractivity (Wildman–Crippen MR) is 100 cm³/mol. The van der Waals surface area contributed by atoms with E-state index >= 15 is 0 Å². The maximum Gasteiger partial charge on any atom is 0.335 e. The molecule has 2 aromatic carbocycles. The van der Waals surface area contributed by atoms with Crippen LogP contribution in [-0.4, -0.2) is 28.4 Å². The molecule has 134 valence electrons. The number of fused-ring (bicyclic) bond motifs is 1. The van der Waals surface area contributed by atoms with Crippen molar-refractivity contribution in [2.75, 3.05) is 0 Å². The Morgan fingerprint density at radius 2 is 1.92 bits per heavy atom. The number of ether oxygens (including phenoxy) is 1. The smallest absolute Gasteiger partial charge is 0.335 e. The number of Topliss-reactive ketones (excluding diaryl/α,β-unsaturated/α-hetero) is 1. The van der Waals surface area contributed by atoms with Gasteiger partial charge in [-0.3, -0.25) is 4.79 Å². The summed E-state index contributed by atoms with van der Waals surface area (Å²) in [5.74, 6) is -0.997. The number of carboxylic acids is 1. The third-order valence-corrected chi connectivity index (χ3v) is 4.44. The number of halogens is 1. The van der Waals surface area contributed by atoms with Crippen LogP contribution in [0.15, 0.2) is 54.1 Å². The Morgan fingerprint density at radius 1 is 1.23 bits per heavy atom.